The van der Waals surface area contributed by atoms with Gasteiger partial charge in [0.25, 0.3) is 0 Å². The van der Waals surface area contributed by atoms with Gasteiger partial charge in [0.2, 0.25) is 5.91 Å². The number of amides is 1. The van der Waals surface area contributed by atoms with E-state index < -0.39 is 0 Å². The summed E-state index contributed by atoms with van der Waals surface area (Å²) in [4.78, 5) is 12.5. The van der Waals surface area contributed by atoms with Crippen molar-refractivity contribution in [1.82, 2.24) is 10.6 Å². The molecule has 0 spiro atoms. The van der Waals surface area contributed by atoms with Crippen molar-refractivity contribution in [1.29, 1.82) is 0 Å². The molecule has 0 radical (unpaired) electrons. The van der Waals surface area contributed by atoms with Crippen LogP contribution in [0.5, 0.6) is 11.5 Å². The third kappa shape index (κ3) is 6.64. The Morgan fingerprint density at radius 2 is 1.50 bits per heavy atom. The van der Waals surface area contributed by atoms with Gasteiger partial charge in [-0.05, 0) is 29.7 Å². The Balaban J connectivity index is 1.47. The predicted octanol–water partition coefficient (Wildman–Crippen LogP) is 3.76. The van der Waals surface area contributed by atoms with Gasteiger partial charge in [0, 0.05) is 6.54 Å². The van der Waals surface area contributed by atoms with Gasteiger partial charge in [0.15, 0.2) is 11.5 Å². The van der Waals surface area contributed by atoms with Crippen molar-refractivity contribution in [3.05, 3.63) is 96.1 Å². The van der Waals surface area contributed by atoms with E-state index in [0.29, 0.717) is 24.7 Å². The fraction of sp³-hybridized carbons (Fsp3) is 0.240. The van der Waals surface area contributed by atoms with Gasteiger partial charge in [-0.25, -0.2) is 0 Å². The van der Waals surface area contributed by atoms with Crippen LogP contribution < -0.4 is 20.1 Å². The highest BCUT2D eigenvalue weighted by atomic mass is 16.5. The molecule has 2 N–H and O–H groups in total. The molecular weight excluding hydrogens is 376 g/mol. The van der Waals surface area contributed by atoms with E-state index in [1.807, 2.05) is 72.8 Å². The van der Waals surface area contributed by atoms with E-state index in [4.69, 9.17) is 9.47 Å². The summed E-state index contributed by atoms with van der Waals surface area (Å²) in [5.74, 6) is 1.34. The molecule has 0 aliphatic carbocycles. The molecular formula is C25H28N2O3. The summed E-state index contributed by atoms with van der Waals surface area (Å²) >= 11 is 0. The van der Waals surface area contributed by atoms with Gasteiger partial charge in [0.1, 0.15) is 6.61 Å². The quantitative estimate of drug-likeness (QED) is 0.478. The number of carbonyl (C=O) groups excluding carboxylic acids is 1. The second kappa shape index (κ2) is 11.6. The number of hydrogen-bond donors (Lipinski definition) is 2. The molecule has 0 unspecified atom stereocenters. The highest BCUT2D eigenvalue weighted by molar-refractivity contribution is 5.78. The molecule has 1 amide bonds. The lowest BCUT2D eigenvalue weighted by atomic mass is 9.99. The minimum Gasteiger partial charge on any atom is -0.493 e. The highest BCUT2D eigenvalue weighted by Gasteiger charge is 2.15. The van der Waals surface area contributed by atoms with Gasteiger partial charge < -0.3 is 20.1 Å². The molecule has 3 aromatic rings. The van der Waals surface area contributed by atoms with E-state index in [1.54, 1.807) is 7.11 Å². The zero-order valence-corrected chi connectivity index (χ0v) is 17.2. The van der Waals surface area contributed by atoms with Gasteiger partial charge in [-0.3, -0.25) is 4.79 Å². The van der Waals surface area contributed by atoms with Crippen LogP contribution in [-0.4, -0.2) is 32.7 Å². The third-order valence-electron chi connectivity index (χ3n) is 4.71. The fourth-order valence-electron chi connectivity index (χ4n) is 3.21. The summed E-state index contributed by atoms with van der Waals surface area (Å²) in [7, 11) is 1.61. The number of hydrogen-bond acceptors (Lipinski definition) is 4. The van der Waals surface area contributed by atoms with Crippen LogP contribution >= 0.6 is 0 Å². The molecule has 30 heavy (non-hydrogen) atoms. The van der Waals surface area contributed by atoms with Gasteiger partial charge in [0.05, 0.1) is 19.7 Å². The van der Waals surface area contributed by atoms with E-state index in [2.05, 4.69) is 22.8 Å². The number of para-hydroxylation sites is 2. The van der Waals surface area contributed by atoms with Crippen LogP contribution in [0.15, 0.2) is 84.9 Å². The Hall–Kier alpha value is -3.31. The first-order chi connectivity index (χ1) is 14.8. The Labute approximate surface area is 178 Å². The van der Waals surface area contributed by atoms with Crippen molar-refractivity contribution in [2.75, 3.05) is 26.8 Å². The monoisotopic (exact) mass is 404 g/mol. The maximum atomic E-state index is 12.5. The van der Waals surface area contributed by atoms with Gasteiger partial charge in [-0.2, -0.15) is 0 Å². The summed E-state index contributed by atoms with van der Waals surface area (Å²) < 4.78 is 11.0. The van der Waals surface area contributed by atoms with Crippen LogP contribution in [0.2, 0.25) is 0 Å². The van der Waals surface area contributed by atoms with E-state index in [1.165, 1.54) is 5.56 Å². The molecule has 0 aromatic heterocycles. The van der Waals surface area contributed by atoms with Crippen LogP contribution in [0.1, 0.15) is 17.2 Å². The molecule has 156 valence electrons. The summed E-state index contributed by atoms with van der Waals surface area (Å²) in [5, 5.41) is 6.28. The van der Waals surface area contributed by atoms with Crippen LogP contribution in [0.4, 0.5) is 0 Å². The Bertz CT molecular complexity index is 901. The normalized spacial score (nSPS) is 11.5. The lowest BCUT2D eigenvalue weighted by Crippen LogP contribution is -2.38. The van der Waals surface area contributed by atoms with Gasteiger partial charge in [-0.1, -0.05) is 72.8 Å². The highest BCUT2D eigenvalue weighted by Crippen LogP contribution is 2.25. The number of nitrogens with one attached hydrogen (secondary N) is 2. The van der Waals surface area contributed by atoms with E-state index in [-0.39, 0.29) is 18.5 Å². The number of ether oxygens (including phenoxy) is 2. The first-order valence-corrected chi connectivity index (χ1v) is 10.1. The molecule has 0 saturated carbocycles. The predicted molar refractivity (Wildman–Crippen MR) is 119 cm³/mol. The van der Waals surface area contributed by atoms with Crippen molar-refractivity contribution < 1.29 is 14.3 Å². The Morgan fingerprint density at radius 3 is 2.20 bits per heavy atom. The van der Waals surface area contributed by atoms with Crippen LogP contribution in [-0.2, 0) is 11.2 Å². The molecule has 5 heteroatoms. The summed E-state index contributed by atoms with van der Waals surface area (Å²) in [6.45, 7) is 1.23. The molecule has 0 fully saturated rings. The fourth-order valence-corrected chi connectivity index (χ4v) is 3.21. The number of rotatable bonds is 11. The largest absolute Gasteiger partial charge is 0.493 e. The standard InChI is InChI=1S/C25H28N2O3/c1-29-23-14-8-9-15-24(23)30-17-16-26-19-25(28)27-22(21-12-6-3-7-13-21)18-20-10-4-2-5-11-20/h2-15,22,26H,16-19H2,1H3,(H,27,28)/t22-/m0/s1. The summed E-state index contributed by atoms with van der Waals surface area (Å²) in [6, 6.07) is 27.7. The topological polar surface area (TPSA) is 59.6 Å². The molecule has 5 nitrogen and oxygen atoms in total. The van der Waals surface area contributed by atoms with Crippen molar-refractivity contribution in [2.45, 2.75) is 12.5 Å². The molecule has 0 aliphatic heterocycles. The first kappa shape index (κ1) is 21.4. The smallest absolute Gasteiger partial charge is 0.234 e. The SMILES string of the molecule is COc1ccccc1OCCNCC(=O)N[C@@H](Cc1ccccc1)c1ccccc1. The van der Waals surface area contributed by atoms with E-state index in [0.717, 1.165) is 12.0 Å². The average molecular weight is 405 g/mol. The molecule has 3 aromatic carbocycles. The van der Waals surface area contributed by atoms with Crippen molar-refractivity contribution in [3.8, 4) is 11.5 Å². The second-order valence-corrected chi connectivity index (χ2v) is 6.90. The first-order valence-electron chi connectivity index (χ1n) is 10.1. The maximum absolute atomic E-state index is 12.5. The Morgan fingerprint density at radius 1 is 0.867 bits per heavy atom. The summed E-state index contributed by atoms with van der Waals surface area (Å²) in [6.07, 6.45) is 0.744. The minimum absolute atomic E-state index is 0.0444. The average Bonchev–Trinajstić information content (AvgIpc) is 2.80. The van der Waals surface area contributed by atoms with Crippen molar-refractivity contribution in [3.63, 3.8) is 0 Å². The minimum atomic E-state index is -0.0762. The number of carbonyl (C=O) groups is 1. The number of benzene rings is 3. The van der Waals surface area contributed by atoms with Gasteiger partial charge >= 0.3 is 0 Å². The molecule has 0 bridgehead atoms. The van der Waals surface area contributed by atoms with Crippen LogP contribution in [0.3, 0.4) is 0 Å². The van der Waals surface area contributed by atoms with Gasteiger partial charge in [-0.15, -0.1) is 0 Å². The van der Waals surface area contributed by atoms with E-state index in [9.17, 15) is 4.79 Å². The maximum Gasteiger partial charge on any atom is 0.234 e. The van der Waals surface area contributed by atoms with Crippen LogP contribution in [0.25, 0.3) is 0 Å². The van der Waals surface area contributed by atoms with Crippen LogP contribution in [0, 0.1) is 0 Å². The zero-order valence-electron chi connectivity index (χ0n) is 17.2. The summed E-state index contributed by atoms with van der Waals surface area (Å²) in [5.41, 5.74) is 2.28. The molecule has 1 atom stereocenters. The van der Waals surface area contributed by atoms with Crippen molar-refractivity contribution >= 4 is 5.91 Å². The lowest BCUT2D eigenvalue weighted by molar-refractivity contribution is -0.121. The second-order valence-electron chi connectivity index (χ2n) is 6.90. The molecule has 0 aliphatic rings. The zero-order chi connectivity index (χ0) is 21.0. The molecule has 0 heterocycles. The molecule has 0 saturated heterocycles. The molecule has 3 rings (SSSR count). The number of methoxy groups -OCH3 is 1. The third-order valence-corrected chi connectivity index (χ3v) is 4.71. The Kier molecular flexibility index (Phi) is 8.30. The van der Waals surface area contributed by atoms with E-state index >= 15 is 0 Å². The van der Waals surface area contributed by atoms with Crippen molar-refractivity contribution in [2.24, 2.45) is 0 Å². The lowest BCUT2D eigenvalue weighted by Gasteiger charge is -2.20.